The maximum Gasteiger partial charge on any atom is 0.248 e. The zero-order chi connectivity index (χ0) is 17.3. The van der Waals surface area contributed by atoms with Crippen LogP contribution in [0.15, 0.2) is 34.9 Å². The van der Waals surface area contributed by atoms with E-state index < -0.39 is 5.91 Å². The van der Waals surface area contributed by atoms with Crippen molar-refractivity contribution in [3.63, 3.8) is 0 Å². The van der Waals surface area contributed by atoms with Gasteiger partial charge in [0.05, 0.1) is 5.70 Å². The summed E-state index contributed by atoms with van der Waals surface area (Å²) in [6.07, 6.45) is 4.45. The molecule has 0 spiro atoms. The van der Waals surface area contributed by atoms with E-state index in [1.165, 1.54) is 18.4 Å². The highest BCUT2D eigenvalue weighted by molar-refractivity contribution is 7.18. The fraction of sp³-hybridized carbons (Fsp3) is 0.421. The van der Waals surface area contributed by atoms with Crippen molar-refractivity contribution in [3.05, 3.63) is 41.0 Å². The van der Waals surface area contributed by atoms with Crippen molar-refractivity contribution in [2.75, 3.05) is 0 Å². The number of nitrogens with zero attached hydrogens (tertiary/aromatic N) is 1. The number of nitrogens with one attached hydrogen (secondary N) is 1. The third-order valence-electron chi connectivity index (χ3n) is 5.47. The first kappa shape index (κ1) is 16.9. The van der Waals surface area contributed by atoms with E-state index in [1.807, 2.05) is 18.3 Å². The van der Waals surface area contributed by atoms with Gasteiger partial charge >= 0.3 is 0 Å². The molecule has 1 amide bonds. The van der Waals surface area contributed by atoms with E-state index in [0.29, 0.717) is 29.2 Å². The Morgan fingerprint density at radius 2 is 2.04 bits per heavy atom. The number of benzene rings is 1. The van der Waals surface area contributed by atoms with Crippen LogP contribution in [0.5, 0.6) is 0 Å². The van der Waals surface area contributed by atoms with Crippen LogP contribution < -0.4 is 11.2 Å². The lowest BCUT2D eigenvalue weighted by Gasteiger charge is -2.27. The van der Waals surface area contributed by atoms with E-state index in [9.17, 15) is 4.79 Å². The van der Waals surface area contributed by atoms with Gasteiger partial charge in [-0.2, -0.15) is 5.10 Å². The van der Waals surface area contributed by atoms with Crippen LogP contribution in [0.1, 0.15) is 42.6 Å². The third-order valence-corrected chi connectivity index (χ3v) is 5.89. The molecule has 0 aromatic heterocycles. The number of carbonyl (C=O) groups is 1. The van der Waals surface area contributed by atoms with Gasteiger partial charge in [0.25, 0.3) is 0 Å². The average molecular weight is 341 g/mol. The van der Waals surface area contributed by atoms with Crippen molar-refractivity contribution in [3.8, 4) is 0 Å². The molecular weight excluding hydrogens is 317 g/mol. The molecule has 1 aliphatic heterocycles. The molecule has 24 heavy (non-hydrogen) atoms. The molecule has 1 saturated carbocycles. The van der Waals surface area contributed by atoms with Gasteiger partial charge in [0.2, 0.25) is 5.91 Å². The summed E-state index contributed by atoms with van der Waals surface area (Å²) in [7, 11) is 3.58. The number of primary amides is 1. The summed E-state index contributed by atoms with van der Waals surface area (Å²) in [6.45, 7) is 4.50. The van der Waals surface area contributed by atoms with Crippen LogP contribution in [0.4, 0.5) is 0 Å². The summed E-state index contributed by atoms with van der Waals surface area (Å²) in [4.78, 5) is 11.2. The smallest absolute Gasteiger partial charge is 0.248 e. The fourth-order valence-corrected chi connectivity index (χ4v) is 4.44. The van der Waals surface area contributed by atoms with E-state index in [2.05, 4.69) is 39.0 Å². The summed E-state index contributed by atoms with van der Waals surface area (Å²) in [5.74, 6) is 4.05. The largest absolute Gasteiger partial charge is 0.366 e. The number of hydrazone groups is 1. The lowest BCUT2D eigenvalue weighted by atomic mass is 9.83. The second-order valence-electron chi connectivity index (χ2n) is 6.95. The predicted molar refractivity (Wildman–Crippen MR) is 102 cm³/mol. The standard InChI is InChI=1S/C19H24N3OP/c1-11-7-15(8-16(11)10-24)17-9-21-22-18(12(17)2)13-3-5-14(6-4-13)19(20)23/h3-6,9-11,15-17,22,24H,7-8H2,1-2H3,(H2,20,23). The third kappa shape index (κ3) is 3.16. The molecule has 126 valence electrons. The topological polar surface area (TPSA) is 67.5 Å². The van der Waals surface area contributed by atoms with Crippen LogP contribution >= 0.6 is 8.86 Å². The predicted octanol–water partition coefficient (Wildman–Crippen LogP) is 3.33. The Morgan fingerprint density at radius 1 is 1.33 bits per heavy atom. The molecule has 0 bridgehead atoms. The van der Waals surface area contributed by atoms with Gasteiger partial charge in [-0.1, -0.05) is 24.9 Å². The highest BCUT2D eigenvalue weighted by Gasteiger charge is 2.36. The van der Waals surface area contributed by atoms with Gasteiger partial charge in [0.15, 0.2) is 0 Å². The molecule has 4 unspecified atom stereocenters. The highest BCUT2D eigenvalue weighted by atomic mass is 31.0. The minimum atomic E-state index is -0.406. The summed E-state index contributed by atoms with van der Waals surface area (Å²) >= 11 is 0. The molecule has 0 saturated heterocycles. The Bertz CT molecular complexity index is 708. The first-order chi connectivity index (χ1) is 11.5. The molecule has 1 aromatic carbocycles. The minimum Gasteiger partial charge on any atom is -0.366 e. The van der Waals surface area contributed by atoms with Crippen molar-refractivity contribution in [2.45, 2.75) is 26.7 Å². The summed E-state index contributed by atoms with van der Waals surface area (Å²) in [5, 5.41) is 4.40. The van der Waals surface area contributed by atoms with Crippen LogP contribution in [0, 0.1) is 23.7 Å². The molecule has 1 fully saturated rings. The van der Waals surface area contributed by atoms with Crippen molar-refractivity contribution in [2.24, 2.45) is 34.5 Å². The van der Waals surface area contributed by atoms with Gasteiger partial charge in [-0.25, -0.2) is 0 Å². The van der Waals surface area contributed by atoms with Crippen molar-refractivity contribution < 1.29 is 4.79 Å². The van der Waals surface area contributed by atoms with Gasteiger partial charge < -0.3 is 5.73 Å². The molecular formula is C19H24N3OP. The number of amides is 1. The Labute approximate surface area is 145 Å². The normalized spacial score (nSPS) is 29.4. The SMILES string of the molecule is CC1=C(c2ccc(C(N)=O)cc2)NN=CC1C1CC(C)C(C=P)C1. The molecule has 3 rings (SSSR count). The van der Waals surface area contributed by atoms with Gasteiger partial charge in [0.1, 0.15) is 0 Å². The lowest BCUT2D eigenvalue weighted by molar-refractivity contribution is 0.100. The highest BCUT2D eigenvalue weighted by Crippen LogP contribution is 2.42. The van der Waals surface area contributed by atoms with E-state index in [-0.39, 0.29) is 0 Å². The first-order valence-corrected chi connectivity index (χ1v) is 8.99. The minimum absolute atomic E-state index is 0.358. The Balaban J connectivity index is 1.86. The van der Waals surface area contributed by atoms with E-state index in [4.69, 9.17) is 5.73 Å². The molecule has 3 N–H and O–H groups in total. The van der Waals surface area contributed by atoms with Crippen molar-refractivity contribution >= 4 is 32.5 Å². The monoisotopic (exact) mass is 341 g/mol. The maximum atomic E-state index is 11.2. The lowest BCUT2D eigenvalue weighted by Crippen LogP contribution is -2.24. The van der Waals surface area contributed by atoms with Crippen LogP contribution in [0.3, 0.4) is 0 Å². The summed E-state index contributed by atoms with van der Waals surface area (Å²) in [5.41, 5.74) is 12.4. The summed E-state index contributed by atoms with van der Waals surface area (Å²) < 4.78 is 0. The number of hydrogen-bond acceptors (Lipinski definition) is 3. The molecule has 2 aliphatic rings. The van der Waals surface area contributed by atoms with Gasteiger partial charge in [-0.05, 0) is 60.8 Å². The molecule has 1 aromatic rings. The van der Waals surface area contributed by atoms with E-state index in [0.717, 1.165) is 11.3 Å². The average Bonchev–Trinajstić information content (AvgIpc) is 2.96. The van der Waals surface area contributed by atoms with Crippen LogP contribution in [-0.4, -0.2) is 17.9 Å². The molecule has 1 aliphatic carbocycles. The molecule has 4 atom stereocenters. The van der Waals surface area contributed by atoms with Crippen molar-refractivity contribution in [1.82, 2.24) is 5.43 Å². The number of carbonyl (C=O) groups excluding carboxylic acids is 1. The molecule has 0 radical (unpaired) electrons. The number of rotatable bonds is 4. The van der Waals surface area contributed by atoms with Gasteiger partial charge in [-0.3, -0.25) is 10.2 Å². The van der Waals surface area contributed by atoms with E-state index >= 15 is 0 Å². The quantitative estimate of drug-likeness (QED) is 0.825. The van der Waals surface area contributed by atoms with E-state index in [1.54, 1.807) is 12.1 Å². The number of allylic oxidation sites excluding steroid dienone is 1. The molecule has 1 heterocycles. The Hall–Kier alpha value is -1.93. The number of nitrogens with two attached hydrogens (primary N) is 1. The fourth-order valence-electron chi connectivity index (χ4n) is 3.97. The van der Waals surface area contributed by atoms with Gasteiger partial charge in [0, 0.05) is 17.7 Å². The zero-order valence-corrected chi connectivity index (χ0v) is 15.1. The van der Waals surface area contributed by atoms with Crippen LogP contribution in [0.25, 0.3) is 5.70 Å². The second kappa shape index (κ2) is 6.90. The number of hydrogen-bond donors (Lipinski definition) is 2. The molecule has 5 heteroatoms. The van der Waals surface area contributed by atoms with Crippen LogP contribution in [0.2, 0.25) is 0 Å². The van der Waals surface area contributed by atoms with Crippen molar-refractivity contribution in [1.29, 1.82) is 0 Å². The zero-order valence-electron chi connectivity index (χ0n) is 14.1. The summed E-state index contributed by atoms with van der Waals surface area (Å²) in [6, 6.07) is 7.38. The first-order valence-electron chi connectivity index (χ1n) is 8.42. The Morgan fingerprint density at radius 3 is 2.62 bits per heavy atom. The maximum absolute atomic E-state index is 11.2. The molecule has 4 nitrogen and oxygen atoms in total. The Kier molecular flexibility index (Phi) is 4.86. The van der Waals surface area contributed by atoms with Crippen LogP contribution in [-0.2, 0) is 0 Å². The van der Waals surface area contributed by atoms with Gasteiger partial charge in [-0.15, -0.1) is 8.86 Å². The second-order valence-corrected chi connectivity index (χ2v) is 7.29.